The van der Waals surface area contributed by atoms with Crippen LogP contribution in [0.1, 0.15) is 12.0 Å². The van der Waals surface area contributed by atoms with E-state index in [-0.39, 0.29) is 12.3 Å². The summed E-state index contributed by atoms with van der Waals surface area (Å²) in [7, 11) is 0. The lowest BCUT2D eigenvalue weighted by molar-refractivity contribution is -0.118. The topological polar surface area (TPSA) is 56.2 Å². The molecule has 0 spiro atoms. The zero-order chi connectivity index (χ0) is 10.1. The Morgan fingerprint density at radius 2 is 2.29 bits per heavy atom. The highest BCUT2D eigenvalue weighted by Crippen LogP contribution is 2.17. The van der Waals surface area contributed by atoms with E-state index in [0.29, 0.717) is 5.84 Å². The van der Waals surface area contributed by atoms with Crippen LogP contribution in [-0.2, 0) is 4.79 Å². The molecule has 0 aromatic heterocycles. The summed E-state index contributed by atoms with van der Waals surface area (Å²) < 4.78 is 0. The number of carbonyl (C=O) groups is 1. The minimum absolute atomic E-state index is 0.128. The number of nitrogens with zero attached hydrogens (tertiary/aromatic N) is 1. The van der Waals surface area contributed by atoms with Gasteiger partial charge < -0.3 is 0 Å². The van der Waals surface area contributed by atoms with Crippen LogP contribution >= 0.6 is 0 Å². The first-order chi connectivity index (χ1) is 6.66. The van der Waals surface area contributed by atoms with Gasteiger partial charge in [-0.05, 0) is 24.6 Å². The fourth-order valence-corrected chi connectivity index (χ4v) is 1.45. The first-order valence-corrected chi connectivity index (χ1v) is 4.40. The molecular weight excluding hydrogens is 178 g/mol. The summed E-state index contributed by atoms with van der Waals surface area (Å²) in [5.41, 5.74) is 4.56. The van der Waals surface area contributed by atoms with Gasteiger partial charge in [0.15, 0.2) is 0 Å². The Hall–Kier alpha value is -1.84. The molecule has 1 aromatic carbocycles. The summed E-state index contributed by atoms with van der Waals surface area (Å²) in [5.74, 6) is 0.164. The average molecular weight is 189 g/mol. The molecular formula is C10H11N3O. The van der Waals surface area contributed by atoms with Crippen molar-refractivity contribution < 1.29 is 4.79 Å². The second-order valence-corrected chi connectivity index (χ2v) is 3.33. The van der Waals surface area contributed by atoms with E-state index in [2.05, 4.69) is 5.43 Å². The number of nitrogens with one attached hydrogen (secondary N) is 2. The highest BCUT2D eigenvalue weighted by molar-refractivity contribution is 6.13. The zero-order valence-electron chi connectivity index (χ0n) is 7.87. The second-order valence-electron chi connectivity index (χ2n) is 3.33. The fourth-order valence-electron chi connectivity index (χ4n) is 1.45. The molecule has 1 heterocycles. The van der Waals surface area contributed by atoms with E-state index < -0.39 is 0 Å². The van der Waals surface area contributed by atoms with Gasteiger partial charge in [-0.25, -0.2) is 5.01 Å². The summed E-state index contributed by atoms with van der Waals surface area (Å²) in [5, 5.41) is 9.10. The number of hydrogen-bond donors (Lipinski definition) is 2. The van der Waals surface area contributed by atoms with E-state index >= 15 is 0 Å². The molecule has 2 N–H and O–H groups in total. The van der Waals surface area contributed by atoms with Crippen molar-refractivity contribution in [2.24, 2.45) is 0 Å². The monoisotopic (exact) mass is 189 g/mol. The Labute approximate surface area is 82.0 Å². The van der Waals surface area contributed by atoms with Crippen LogP contribution in [0.25, 0.3) is 0 Å². The molecule has 1 saturated heterocycles. The van der Waals surface area contributed by atoms with Gasteiger partial charge in [-0.3, -0.25) is 15.6 Å². The van der Waals surface area contributed by atoms with Crippen molar-refractivity contribution in [2.45, 2.75) is 13.3 Å². The van der Waals surface area contributed by atoms with E-state index in [9.17, 15) is 4.79 Å². The molecule has 4 nitrogen and oxygen atoms in total. The maximum absolute atomic E-state index is 11.0. The van der Waals surface area contributed by atoms with E-state index in [1.54, 1.807) is 0 Å². The van der Waals surface area contributed by atoms with Crippen molar-refractivity contribution in [1.82, 2.24) is 5.43 Å². The molecule has 0 aliphatic carbocycles. The smallest absolute Gasteiger partial charge is 0.246 e. The van der Waals surface area contributed by atoms with Crippen LogP contribution in [0.15, 0.2) is 24.3 Å². The predicted octanol–water partition coefficient (Wildman–Crippen LogP) is 1.21. The van der Waals surface area contributed by atoms with Crippen LogP contribution < -0.4 is 10.4 Å². The van der Waals surface area contributed by atoms with Crippen molar-refractivity contribution in [3.8, 4) is 0 Å². The van der Waals surface area contributed by atoms with Crippen LogP contribution in [0.2, 0.25) is 0 Å². The SMILES string of the molecule is Cc1cccc(N2NC(=O)CC2=N)c1. The summed E-state index contributed by atoms with van der Waals surface area (Å²) in [4.78, 5) is 11.0. The maximum atomic E-state index is 11.0. The van der Waals surface area contributed by atoms with Crippen molar-refractivity contribution in [3.63, 3.8) is 0 Å². The molecule has 4 heteroatoms. The molecule has 1 aliphatic heterocycles. The van der Waals surface area contributed by atoms with Crippen molar-refractivity contribution in [3.05, 3.63) is 29.8 Å². The van der Waals surface area contributed by atoms with E-state index in [1.165, 1.54) is 5.01 Å². The highest BCUT2D eigenvalue weighted by atomic mass is 16.2. The minimum Gasteiger partial charge on any atom is -0.286 e. The molecule has 0 atom stereocenters. The van der Waals surface area contributed by atoms with Crippen LogP contribution in [0.5, 0.6) is 0 Å². The lowest BCUT2D eigenvalue weighted by atomic mass is 10.2. The highest BCUT2D eigenvalue weighted by Gasteiger charge is 2.24. The van der Waals surface area contributed by atoms with Gasteiger partial charge in [0, 0.05) is 0 Å². The largest absolute Gasteiger partial charge is 0.286 e. The molecule has 0 unspecified atom stereocenters. The lowest BCUT2D eigenvalue weighted by Gasteiger charge is -2.17. The van der Waals surface area contributed by atoms with Crippen LogP contribution in [-0.4, -0.2) is 11.7 Å². The van der Waals surface area contributed by atoms with E-state index in [4.69, 9.17) is 5.41 Å². The third-order valence-electron chi connectivity index (χ3n) is 2.09. The molecule has 0 saturated carbocycles. The molecule has 72 valence electrons. The molecule has 14 heavy (non-hydrogen) atoms. The average Bonchev–Trinajstić information content (AvgIpc) is 2.45. The number of hydrogen-bond acceptors (Lipinski definition) is 2. The van der Waals surface area contributed by atoms with Crippen molar-refractivity contribution >= 4 is 17.4 Å². The molecule has 1 aliphatic rings. The summed E-state index contributed by atoms with van der Waals surface area (Å²) >= 11 is 0. The Balaban J connectivity index is 2.31. The lowest BCUT2D eigenvalue weighted by Crippen LogP contribution is -2.35. The van der Waals surface area contributed by atoms with Crippen LogP contribution in [0.4, 0.5) is 5.69 Å². The van der Waals surface area contributed by atoms with E-state index in [1.807, 2.05) is 31.2 Å². The number of amides is 1. The fraction of sp³-hybridized carbons (Fsp3) is 0.200. The van der Waals surface area contributed by atoms with Gasteiger partial charge in [0.05, 0.1) is 12.1 Å². The summed E-state index contributed by atoms with van der Waals surface area (Å²) in [6.45, 7) is 1.98. The molecule has 1 amide bonds. The van der Waals surface area contributed by atoms with Gasteiger partial charge in [-0.15, -0.1) is 0 Å². The van der Waals surface area contributed by atoms with Gasteiger partial charge in [0.25, 0.3) is 0 Å². The summed E-state index contributed by atoms with van der Waals surface area (Å²) in [6.07, 6.45) is 0.161. The first kappa shape index (κ1) is 8.74. The van der Waals surface area contributed by atoms with Crippen molar-refractivity contribution in [1.29, 1.82) is 5.41 Å². The Kier molecular flexibility index (Phi) is 1.96. The third-order valence-corrected chi connectivity index (χ3v) is 2.09. The van der Waals surface area contributed by atoms with Crippen LogP contribution in [0.3, 0.4) is 0 Å². The second kappa shape index (κ2) is 3.14. The van der Waals surface area contributed by atoms with Gasteiger partial charge >= 0.3 is 0 Å². The standard InChI is InChI=1S/C10H11N3O/c1-7-3-2-4-8(5-7)13-9(11)6-10(14)12-13/h2-5,11H,6H2,1H3,(H,12,14). The number of rotatable bonds is 1. The quantitative estimate of drug-likeness (QED) is 0.697. The molecule has 0 radical (unpaired) electrons. The van der Waals surface area contributed by atoms with Gasteiger partial charge in [0.2, 0.25) is 5.91 Å². The normalized spacial score (nSPS) is 15.9. The number of aryl methyl sites for hydroxylation is 1. The zero-order valence-corrected chi connectivity index (χ0v) is 7.87. The van der Waals surface area contributed by atoms with Gasteiger partial charge in [0.1, 0.15) is 5.84 Å². The molecule has 2 rings (SSSR count). The van der Waals surface area contributed by atoms with Crippen LogP contribution in [0, 0.1) is 12.3 Å². The maximum Gasteiger partial charge on any atom is 0.246 e. The molecule has 1 aromatic rings. The Morgan fingerprint density at radius 3 is 2.86 bits per heavy atom. The third kappa shape index (κ3) is 1.46. The minimum atomic E-state index is -0.128. The number of benzene rings is 1. The van der Waals surface area contributed by atoms with Crippen molar-refractivity contribution in [2.75, 3.05) is 5.01 Å². The Bertz CT molecular complexity index is 400. The Morgan fingerprint density at radius 1 is 1.50 bits per heavy atom. The number of hydrazine groups is 1. The molecule has 0 bridgehead atoms. The van der Waals surface area contributed by atoms with Gasteiger partial charge in [-0.2, -0.15) is 0 Å². The number of anilines is 1. The number of amidine groups is 1. The van der Waals surface area contributed by atoms with Gasteiger partial charge in [-0.1, -0.05) is 12.1 Å². The molecule has 1 fully saturated rings. The van der Waals surface area contributed by atoms with E-state index in [0.717, 1.165) is 11.3 Å². The first-order valence-electron chi connectivity index (χ1n) is 4.40. The number of carbonyl (C=O) groups excluding carboxylic acids is 1. The predicted molar refractivity (Wildman–Crippen MR) is 54.1 cm³/mol. The summed E-state index contributed by atoms with van der Waals surface area (Å²) in [6, 6.07) is 7.68.